The standard InChI is InChI=1S/C15H14BrNO3/c1-9-7-11(4-5-12(9)16)20-14-8-10(15(18)19-2)3-6-13(14)17/h3-8H,17H2,1-2H3. The summed E-state index contributed by atoms with van der Waals surface area (Å²) >= 11 is 3.43. The molecule has 0 aromatic heterocycles. The Morgan fingerprint density at radius 2 is 1.95 bits per heavy atom. The van der Waals surface area contributed by atoms with Gasteiger partial charge in [-0.1, -0.05) is 15.9 Å². The average Bonchev–Trinajstić information content (AvgIpc) is 2.44. The lowest BCUT2D eigenvalue weighted by Crippen LogP contribution is -2.02. The molecular formula is C15H14BrNO3. The zero-order chi connectivity index (χ0) is 14.7. The van der Waals surface area contributed by atoms with Crippen molar-refractivity contribution in [1.82, 2.24) is 0 Å². The molecule has 0 bridgehead atoms. The maximum Gasteiger partial charge on any atom is 0.337 e. The second-order valence-electron chi connectivity index (χ2n) is 4.26. The van der Waals surface area contributed by atoms with E-state index < -0.39 is 5.97 Å². The van der Waals surface area contributed by atoms with E-state index in [1.807, 2.05) is 25.1 Å². The van der Waals surface area contributed by atoms with Crippen LogP contribution in [0, 0.1) is 6.92 Å². The topological polar surface area (TPSA) is 61.5 Å². The van der Waals surface area contributed by atoms with E-state index in [9.17, 15) is 4.79 Å². The monoisotopic (exact) mass is 335 g/mol. The molecule has 0 aliphatic rings. The Labute approximate surface area is 125 Å². The van der Waals surface area contributed by atoms with Crippen molar-refractivity contribution in [1.29, 1.82) is 0 Å². The molecule has 2 aromatic rings. The lowest BCUT2D eigenvalue weighted by atomic mass is 10.2. The minimum Gasteiger partial charge on any atom is -0.465 e. The molecule has 0 fully saturated rings. The van der Waals surface area contributed by atoms with E-state index in [-0.39, 0.29) is 0 Å². The number of esters is 1. The predicted octanol–water partition coefficient (Wildman–Crippen LogP) is 3.92. The van der Waals surface area contributed by atoms with Crippen molar-refractivity contribution in [3.8, 4) is 11.5 Å². The second-order valence-corrected chi connectivity index (χ2v) is 5.11. The van der Waals surface area contributed by atoms with Gasteiger partial charge in [0.05, 0.1) is 18.4 Å². The van der Waals surface area contributed by atoms with Crippen molar-refractivity contribution in [3.05, 3.63) is 52.0 Å². The third-order valence-electron chi connectivity index (χ3n) is 2.79. The SMILES string of the molecule is COC(=O)c1ccc(N)c(Oc2ccc(Br)c(C)c2)c1. The summed E-state index contributed by atoms with van der Waals surface area (Å²) in [5.41, 5.74) is 7.76. The van der Waals surface area contributed by atoms with Crippen molar-refractivity contribution in [2.75, 3.05) is 12.8 Å². The molecule has 0 aliphatic carbocycles. The number of ether oxygens (including phenoxy) is 2. The Kier molecular flexibility index (Phi) is 4.29. The summed E-state index contributed by atoms with van der Waals surface area (Å²) in [6.07, 6.45) is 0. The molecule has 0 atom stereocenters. The number of carbonyl (C=O) groups is 1. The maximum absolute atomic E-state index is 11.5. The summed E-state index contributed by atoms with van der Waals surface area (Å²) in [6.45, 7) is 1.96. The molecular weight excluding hydrogens is 322 g/mol. The normalized spacial score (nSPS) is 10.2. The molecule has 0 radical (unpaired) electrons. The van der Waals surface area contributed by atoms with E-state index in [1.54, 1.807) is 18.2 Å². The molecule has 2 rings (SSSR count). The first-order chi connectivity index (χ1) is 9.51. The van der Waals surface area contributed by atoms with Crippen LogP contribution >= 0.6 is 15.9 Å². The van der Waals surface area contributed by atoms with Gasteiger partial charge < -0.3 is 15.2 Å². The highest BCUT2D eigenvalue weighted by molar-refractivity contribution is 9.10. The Hall–Kier alpha value is -2.01. The van der Waals surface area contributed by atoms with Gasteiger partial charge in [0, 0.05) is 4.47 Å². The van der Waals surface area contributed by atoms with Crippen LogP contribution in [0.2, 0.25) is 0 Å². The van der Waals surface area contributed by atoms with E-state index >= 15 is 0 Å². The highest BCUT2D eigenvalue weighted by atomic mass is 79.9. The third-order valence-corrected chi connectivity index (χ3v) is 3.68. The van der Waals surface area contributed by atoms with Crippen molar-refractivity contribution in [2.24, 2.45) is 0 Å². The predicted molar refractivity (Wildman–Crippen MR) is 81.1 cm³/mol. The summed E-state index contributed by atoms with van der Waals surface area (Å²) in [4.78, 5) is 11.5. The molecule has 0 saturated heterocycles. The van der Waals surface area contributed by atoms with Gasteiger partial charge in [-0.05, 0) is 48.9 Å². The molecule has 104 valence electrons. The Morgan fingerprint density at radius 1 is 1.20 bits per heavy atom. The highest BCUT2D eigenvalue weighted by Crippen LogP contribution is 2.30. The number of methoxy groups -OCH3 is 1. The molecule has 20 heavy (non-hydrogen) atoms. The zero-order valence-corrected chi connectivity index (χ0v) is 12.7. The van der Waals surface area contributed by atoms with Crippen LogP contribution in [-0.2, 0) is 4.74 Å². The summed E-state index contributed by atoms with van der Waals surface area (Å²) in [7, 11) is 1.33. The minimum atomic E-state index is -0.429. The number of hydrogen-bond acceptors (Lipinski definition) is 4. The summed E-state index contributed by atoms with van der Waals surface area (Å²) < 4.78 is 11.4. The van der Waals surface area contributed by atoms with Crippen LogP contribution in [-0.4, -0.2) is 13.1 Å². The highest BCUT2D eigenvalue weighted by Gasteiger charge is 2.10. The van der Waals surface area contributed by atoms with E-state index in [4.69, 9.17) is 10.5 Å². The fourth-order valence-electron chi connectivity index (χ4n) is 1.68. The number of rotatable bonds is 3. The molecule has 5 heteroatoms. The minimum absolute atomic E-state index is 0.394. The van der Waals surface area contributed by atoms with Gasteiger partial charge in [0.1, 0.15) is 5.75 Å². The number of anilines is 1. The van der Waals surface area contributed by atoms with Gasteiger partial charge >= 0.3 is 5.97 Å². The number of nitrogen functional groups attached to an aromatic ring is 1. The molecule has 0 aliphatic heterocycles. The molecule has 0 heterocycles. The van der Waals surface area contributed by atoms with Gasteiger partial charge in [0.25, 0.3) is 0 Å². The first-order valence-electron chi connectivity index (χ1n) is 5.93. The molecule has 2 aromatic carbocycles. The van der Waals surface area contributed by atoms with Crippen LogP contribution in [0.5, 0.6) is 11.5 Å². The Morgan fingerprint density at radius 3 is 2.60 bits per heavy atom. The van der Waals surface area contributed by atoms with Gasteiger partial charge in [-0.25, -0.2) is 4.79 Å². The Balaban J connectivity index is 2.32. The number of halogens is 1. The summed E-state index contributed by atoms with van der Waals surface area (Å²) in [5, 5.41) is 0. The summed E-state index contributed by atoms with van der Waals surface area (Å²) in [5.74, 6) is 0.649. The van der Waals surface area contributed by atoms with Crippen LogP contribution in [0.4, 0.5) is 5.69 Å². The Bertz CT molecular complexity index is 656. The van der Waals surface area contributed by atoms with Gasteiger partial charge in [0.15, 0.2) is 5.75 Å². The number of carbonyl (C=O) groups excluding carboxylic acids is 1. The number of aryl methyl sites for hydroxylation is 1. The van der Waals surface area contributed by atoms with E-state index in [0.717, 1.165) is 10.0 Å². The zero-order valence-electron chi connectivity index (χ0n) is 11.1. The lowest BCUT2D eigenvalue weighted by molar-refractivity contribution is 0.0600. The molecule has 2 N–H and O–H groups in total. The van der Waals surface area contributed by atoms with Gasteiger partial charge in [-0.2, -0.15) is 0 Å². The second kappa shape index (κ2) is 5.96. The van der Waals surface area contributed by atoms with Crippen molar-refractivity contribution < 1.29 is 14.3 Å². The summed E-state index contributed by atoms with van der Waals surface area (Å²) in [6, 6.07) is 10.4. The largest absolute Gasteiger partial charge is 0.465 e. The molecule has 0 saturated carbocycles. The fraction of sp³-hybridized carbons (Fsp3) is 0.133. The van der Waals surface area contributed by atoms with Crippen LogP contribution in [0.25, 0.3) is 0 Å². The molecule has 4 nitrogen and oxygen atoms in total. The first kappa shape index (κ1) is 14.4. The van der Waals surface area contributed by atoms with Gasteiger partial charge in [-0.15, -0.1) is 0 Å². The molecule has 0 amide bonds. The lowest BCUT2D eigenvalue weighted by Gasteiger charge is -2.11. The smallest absolute Gasteiger partial charge is 0.337 e. The molecule has 0 spiro atoms. The third kappa shape index (κ3) is 3.11. The number of hydrogen-bond donors (Lipinski definition) is 1. The average molecular weight is 336 g/mol. The first-order valence-corrected chi connectivity index (χ1v) is 6.72. The molecule has 0 unspecified atom stereocenters. The number of benzene rings is 2. The van der Waals surface area contributed by atoms with Crippen LogP contribution in [0.15, 0.2) is 40.9 Å². The quantitative estimate of drug-likeness (QED) is 0.682. The van der Waals surface area contributed by atoms with E-state index in [1.165, 1.54) is 7.11 Å². The van der Waals surface area contributed by atoms with Gasteiger partial charge in [0.2, 0.25) is 0 Å². The fourth-order valence-corrected chi connectivity index (χ4v) is 1.92. The van der Waals surface area contributed by atoms with Crippen molar-refractivity contribution in [2.45, 2.75) is 6.92 Å². The number of nitrogens with two attached hydrogens (primary N) is 1. The van der Waals surface area contributed by atoms with Crippen LogP contribution in [0.3, 0.4) is 0 Å². The van der Waals surface area contributed by atoms with E-state index in [2.05, 4.69) is 20.7 Å². The van der Waals surface area contributed by atoms with Crippen LogP contribution in [0.1, 0.15) is 15.9 Å². The van der Waals surface area contributed by atoms with Crippen molar-refractivity contribution >= 4 is 27.6 Å². The van der Waals surface area contributed by atoms with Gasteiger partial charge in [-0.3, -0.25) is 0 Å². The van der Waals surface area contributed by atoms with Crippen molar-refractivity contribution in [3.63, 3.8) is 0 Å². The van der Waals surface area contributed by atoms with Crippen LogP contribution < -0.4 is 10.5 Å². The maximum atomic E-state index is 11.5. The van der Waals surface area contributed by atoms with E-state index in [0.29, 0.717) is 22.7 Å².